The molecular formula is C18H19N5O4S. The van der Waals surface area contributed by atoms with E-state index in [2.05, 4.69) is 19.9 Å². The molecule has 3 aromatic rings. The van der Waals surface area contributed by atoms with Crippen LogP contribution in [0.1, 0.15) is 5.56 Å². The molecule has 2 atom stereocenters. The Bertz CT molecular complexity index is 1200. The summed E-state index contributed by atoms with van der Waals surface area (Å²) in [5.74, 6) is 0.858. The van der Waals surface area contributed by atoms with Gasteiger partial charge in [-0.1, -0.05) is 0 Å². The van der Waals surface area contributed by atoms with Gasteiger partial charge in [0.05, 0.1) is 10.4 Å². The highest BCUT2D eigenvalue weighted by molar-refractivity contribution is 7.89. The van der Waals surface area contributed by atoms with Crippen LogP contribution in [0.2, 0.25) is 0 Å². The average molecular weight is 401 g/mol. The molecule has 5 rings (SSSR count). The molecule has 0 bridgehead atoms. The van der Waals surface area contributed by atoms with Gasteiger partial charge in [0.1, 0.15) is 12.1 Å². The van der Waals surface area contributed by atoms with E-state index < -0.39 is 15.8 Å². The van der Waals surface area contributed by atoms with Crippen LogP contribution in [0.5, 0.6) is 0 Å². The molecule has 28 heavy (non-hydrogen) atoms. The summed E-state index contributed by atoms with van der Waals surface area (Å²) in [6, 6.07) is 4.45. The standard InChI is InChI=1S/C18H19N5O4S/c1-11-5-19-10-20-17(11)22-6-12-8-23(9-13(12)7-22)28(25,26)14-2-3-16-15(4-14)21-18(24)27-16/h2-5,10,12-13H,6-9H2,1H3,(H,21,24). The van der Waals surface area contributed by atoms with Crippen LogP contribution in [0.3, 0.4) is 0 Å². The first kappa shape index (κ1) is 17.4. The van der Waals surface area contributed by atoms with Crippen molar-refractivity contribution in [3.05, 3.63) is 46.8 Å². The van der Waals surface area contributed by atoms with Crippen LogP contribution >= 0.6 is 0 Å². The third-order valence-electron chi connectivity index (χ3n) is 5.65. The molecule has 2 aromatic heterocycles. The van der Waals surface area contributed by atoms with Gasteiger partial charge in [-0.25, -0.2) is 23.2 Å². The van der Waals surface area contributed by atoms with Crippen LogP contribution in [-0.2, 0) is 10.0 Å². The van der Waals surface area contributed by atoms with Gasteiger partial charge in [0, 0.05) is 37.9 Å². The molecule has 2 aliphatic heterocycles. The zero-order valence-corrected chi connectivity index (χ0v) is 16.0. The van der Waals surface area contributed by atoms with Crippen LogP contribution in [0, 0.1) is 18.8 Å². The summed E-state index contributed by atoms with van der Waals surface area (Å²) in [5, 5.41) is 0. The van der Waals surface area contributed by atoms with E-state index in [1.54, 1.807) is 16.8 Å². The van der Waals surface area contributed by atoms with Gasteiger partial charge in [0.15, 0.2) is 5.58 Å². The summed E-state index contributed by atoms with van der Waals surface area (Å²) < 4.78 is 32.7. The summed E-state index contributed by atoms with van der Waals surface area (Å²) >= 11 is 0. The highest BCUT2D eigenvalue weighted by atomic mass is 32.2. The predicted octanol–water partition coefficient (Wildman–Crippen LogP) is 0.976. The molecular weight excluding hydrogens is 382 g/mol. The van der Waals surface area contributed by atoms with Crippen LogP contribution in [0.4, 0.5) is 5.82 Å². The highest BCUT2D eigenvalue weighted by Crippen LogP contribution is 2.36. The first-order valence-electron chi connectivity index (χ1n) is 9.06. The lowest BCUT2D eigenvalue weighted by Crippen LogP contribution is -2.33. The normalized spacial score (nSPS) is 22.8. The third kappa shape index (κ3) is 2.71. The van der Waals surface area contributed by atoms with Crippen molar-refractivity contribution in [1.29, 1.82) is 0 Å². The molecule has 2 unspecified atom stereocenters. The monoisotopic (exact) mass is 401 g/mol. The average Bonchev–Trinajstić information content (AvgIpc) is 3.33. The number of nitrogens with one attached hydrogen (secondary N) is 1. The van der Waals surface area contributed by atoms with E-state index in [1.807, 2.05) is 6.92 Å². The minimum absolute atomic E-state index is 0.167. The number of hydrogen-bond donors (Lipinski definition) is 1. The van der Waals surface area contributed by atoms with Gasteiger partial charge in [0.25, 0.3) is 0 Å². The van der Waals surface area contributed by atoms with Crippen molar-refractivity contribution in [2.75, 3.05) is 31.1 Å². The summed E-state index contributed by atoms with van der Waals surface area (Å²) in [6.07, 6.45) is 3.34. The van der Waals surface area contributed by atoms with Gasteiger partial charge in [-0.15, -0.1) is 0 Å². The van der Waals surface area contributed by atoms with Crippen molar-refractivity contribution >= 4 is 26.9 Å². The van der Waals surface area contributed by atoms with Crippen LogP contribution < -0.4 is 10.7 Å². The Hall–Kier alpha value is -2.72. The zero-order chi connectivity index (χ0) is 19.5. The zero-order valence-electron chi connectivity index (χ0n) is 15.2. The minimum atomic E-state index is -3.63. The smallest absolute Gasteiger partial charge is 0.408 e. The number of oxazole rings is 1. The van der Waals surface area contributed by atoms with E-state index in [1.165, 1.54) is 18.2 Å². The van der Waals surface area contributed by atoms with Crippen molar-refractivity contribution in [3.63, 3.8) is 0 Å². The van der Waals surface area contributed by atoms with E-state index in [-0.39, 0.29) is 16.7 Å². The Morgan fingerprint density at radius 2 is 1.93 bits per heavy atom. The largest absolute Gasteiger partial charge is 0.417 e. The quantitative estimate of drug-likeness (QED) is 0.696. The van der Waals surface area contributed by atoms with E-state index >= 15 is 0 Å². The minimum Gasteiger partial charge on any atom is -0.408 e. The Morgan fingerprint density at radius 1 is 1.18 bits per heavy atom. The fraction of sp³-hybridized carbons (Fsp3) is 0.389. The molecule has 146 valence electrons. The fourth-order valence-corrected chi connectivity index (χ4v) is 5.86. The summed E-state index contributed by atoms with van der Waals surface area (Å²) in [4.78, 5) is 24.6. The molecule has 10 heteroatoms. The second-order valence-electron chi connectivity index (χ2n) is 7.45. The van der Waals surface area contributed by atoms with Gasteiger partial charge in [-0.3, -0.25) is 4.98 Å². The molecule has 1 aromatic carbocycles. The number of fused-ring (bicyclic) bond motifs is 2. The number of aromatic nitrogens is 3. The fourth-order valence-electron chi connectivity index (χ4n) is 4.28. The molecule has 2 saturated heterocycles. The second kappa shape index (κ2) is 6.14. The SMILES string of the molecule is Cc1cncnc1N1CC2CN(S(=O)(=O)c3ccc4oc(=O)[nH]c4c3)CC2C1. The van der Waals surface area contributed by atoms with E-state index in [0.29, 0.717) is 24.2 Å². The van der Waals surface area contributed by atoms with Crippen molar-refractivity contribution in [1.82, 2.24) is 19.3 Å². The highest BCUT2D eigenvalue weighted by Gasteiger charge is 2.44. The lowest BCUT2D eigenvalue weighted by Gasteiger charge is -2.23. The number of anilines is 1. The Labute approximate surface area is 161 Å². The van der Waals surface area contributed by atoms with Gasteiger partial charge >= 0.3 is 5.76 Å². The molecule has 0 saturated carbocycles. The van der Waals surface area contributed by atoms with Crippen molar-refractivity contribution in [2.24, 2.45) is 11.8 Å². The van der Waals surface area contributed by atoms with Crippen LogP contribution in [0.25, 0.3) is 11.1 Å². The molecule has 1 N–H and O–H groups in total. The number of H-pyrrole nitrogens is 1. The molecule has 0 amide bonds. The second-order valence-corrected chi connectivity index (χ2v) is 9.39. The van der Waals surface area contributed by atoms with Crippen molar-refractivity contribution in [3.8, 4) is 0 Å². The number of aryl methyl sites for hydroxylation is 1. The molecule has 2 fully saturated rings. The molecule has 2 aliphatic rings. The van der Waals surface area contributed by atoms with Crippen LogP contribution in [0.15, 0.2) is 44.8 Å². The Balaban J connectivity index is 1.36. The summed E-state index contributed by atoms with van der Waals surface area (Å²) in [6.45, 7) is 4.50. The number of sulfonamides is 1. The molecule has 9 nitrogen and oxygen atoms in total. The number of rotatable bonds is 3. The Kier molecular flexibility index (Phi) is 3.81. The van der Waals surface area contributed by atoms with E-state index in [9.17, 15) is 13.2 Å². The number of hydrogen-bond acceptors (Lipinski definition) is 7. The topological polar surface area (TPSA) is 112 Å². The molecule has 0 aliphatic carbocycles. The lowest BCUT2D eigenvalue weighted by molar-refractivity contribution is 0.453. The number of aromatic amines is 1. The van der Waals surface area contributed by atoms with Crippen molar-refractivity contribution < 1.29 is 12.8 Å². The number of nitrogens with zero attached hydrogens (tertiary/aromatic N) is 4. The summed E-state index contributed by atoms with van der Waals surface area (Å²) in [7, 11) is -3.63. The maximum atomic E-state index is 13.1. The first-order valence-corrected chi connectivity index (χ1v) is 10.5. The van der Waals surface area contributed by atoms with Crippen molar-refractivity contribution in [2.45, 2.75) is 11.8 Å². The first-order chi connectivity index (χ1) is 13.4. The lowest BCUT2D eigenvalue weighted by atomic mass is 10.0. The van der Waals surface area contributed by atoms with Gasteiger partial charge in [-0.05, 0) is 37.0 Å². The number of benzene rings is 1. The summed E-state index contributed by atoms with van der Waals surface area (Å²) in [5.41, 5.74) is 1.75. The van der Waals surface area contributed by atoms with Gasteiger partial charge < -0.3 is 9.32 Å². The van der Waals surface area contributed by atoms with E-state index in [0.717, 1.165) is 24.5 Å². The maximum absolute atomic E-state index is 13.1. The van der Waals surface area contributed by atoms with Crippen LogP contribution in [-0.4, -0.2) is 53.9 Å². The maximum Gasteiger partial charge on any atom is 0.417 e. The molecule has 4 heterocycles. The predicted molar refractivity (Wildman–Crippen MR) is 102 cm³/mol. The van der Waals surface area contributed by atoms with Gasteiger partial charge in [-0.2, -0.15) is 4.31 Å². The van der Waals surface area contributed by atoms with Gasteiger partial charge in [0.2, 0.25) is 10.0 Å². The third-order valence-corrected chi connectivity index (χ3v) is 7.48. The van der Waals surface area contributed by atoms with E-state index in [4.69, 9.17) is 4.42 Å². The Morgan fingerprint density at radius 3 is 2.64 bits per heavy atom. The molecule has 0 radical (unpaired) electrons. The molecule has 0 spiro atoms.